The van der Waals surface area contributed by atoms with Crippen LogP contribution in [0.25, 0.3) is 0 Å². The Morgan fingerprint density at radius 1 is 1.28 bits per heavy atom. The van der Waals surface area contributed by atoms with E-state index in [-0.39, 0.29) is 11.9 Å². The van der Waals surface area contributed by atoms with Gasteiger partial charge in [0.2, 0.25) is 0 Å². The molecule has 1 aromatic heterocycles. The van der Waals surface area contributed by atoms with Crippen molar-refractivity contribution in [2.45, 2.75) is 18.9 Å². The Labute approximate surface area is 144 Å². The lowest BCUT2D eigenvalue weighted by atomic mass is 10.0. The summed E-state index contributed by atoms with van der Waals surface area (Å²) in [6, 6.07) is 6.35. The lowest BCUT2D eigenvalue weighted by molar-refractivity contribution is -0.136. The standard InChI is InChI=1S/C17H20FN5O2/c1-22-10-13(9-19-22)21-17(25)16(24)20-12-5-4-8-23(11-12)15-7-3-2-6-14(15)18/h2-3,6-7,9-10,12H,4-5,8,11H2,1H3,(H,20,24)(H,21,25)/t12-/m1/s1. The molecular weight excluding hydrogens is 325 g/mol. The quantitative estimate of drug-likeness (QED) is 0.822. The Bertz CT molecular complexity index is 776. The zero-order valence-corrected chi connectivity index (χ0v) is 13.9. The van der Waals surface area contributed by atoms with Crippen molar-refractivity contribution >= 4 is 23.2 Å². The normalized spacial score (nSPS) is 17.2. The predicted molar refractivity (Wildman–Crippen MR) is 91.6 cm³/mol. The highest BCUT2D eigenvalue weighted by Crippen LogP contribution is 2.22. The first-order chi connectivity index (χ1) is 12.0. The third-order valence-electron chi connectivity index (χ3n) is 4.12. The maximum absolute atomic E-state index is 13.9. The maximum atomic E-state index is 13.9. The second kappa shape index (κ2) is 7.33. The summed E-state index contributed by atoms with van der Waals surface area (Å²) in [5.74, 6) is -1.73. The summed E-state index contributed by atoms with van der Waals surface area (Å²) in [7, 11) is 1.72. The number of benzene rings is 1. The number of hydrogen-bond donors (Lipinski definition) is 2. The topological polar surface area (TPSA) is 79.3 Å². The molecule has 25 heavy (non-hydrogen) atoms. The molecule has 3 rings (SSSR count). The Kier molecular flexibility index (Phi) is 4.97. The minimum atomic E-state index is -0.740. The highest BCUT2D eigenvalue weighted by molar-refractivity contribution is 6.39. The summed E-state index contributed by atoms with van der Waals surface area (Å²) in [5, 5.41) is 9.14. The van der Waals surface area contributed by atoms with Crippen LogP contribution in [-0.2, 0) is 16.6 Å². The number of nitrogens with zero attached hydrogens (tertiary/aromatic N) is 3. The highest BCUT2D eigenvalue weighted by atomic mass is 19.1. The molecule has 8 heteroatoms. The number of nitrogens with one attached hydrogen (secondary N) is 2. The van der Waals surface area contributed by atoms with Gasteiger partial charge in [-0.1, -0.05) is 12.1 Å². The molecule has 0 bridgehead atoms. The predicted octanol–water partition coefficient (Wildman–Crippen LogP) is 1.28. The summed E-state index contributed by atoms with van der Waals surface area (Å²) in [5.41, 5.74) is 0.973. The van der Waals surface area contributed by atoms with Crippen LogP contribution in [0, 0.1) is 5.82 Å². The van der Waals surface area contributed by atoms with Gasteiger partial charge in [-0.15, -0.1) is 0 Å². The lowest BCUT2D eigenvalue weighted by Gasteiger charge is -2.34. The highest BCUT2D eigenvalue weighted by Gasteiger charge is 2.25. The molecule has 132 valence electrons. The largest absolute Gasteiger partial charge is 0.367 e. The van der Waals surface area contributed by atoms with E-state index < -0.39 is 11.8 Å². The van der Waals surface area contributed by atoms with E-state index in [4.69, 9.17) is 0 Å². The molecule has 1 aliphatic rings. The van der Waals surface area contributed by atoms with Crippen LogP contribution < -0.4 is 15.5 Å². The molecule has 2 heterocycles. The van der Waals surface area contributed by atoms with Crippen LogP contribution in [0.2, 0.25) is 0 Å². The molecule has 1 saturated heterocycles. The van der Waals surface area contributed by atoms with E-state index in [9.17, 15) is 14.0 Å². The van der Waals surface area contributed by atoms with E-state index in [0.717, 1.165) is 19.4 Å². The number of piperidine rings is 1. The maximum Gasteiger partial charge on any atom is 0.313 e. The third kappa shape index (κ3) is 4.14. The fourth-order valence-corrected chi connectivity index (χ4v) is 2.95. The van der Waals surface area contributed by atoms with Gasteiger partial charge in [0.1, 0.15) is 5.82 Å². The van der Waals surface area contributed by atoms with Gasteiger partial charge in [-0.3, -0.25) is 14.3 Å². The molecule has 2 amide bonds. The van der Waals surface area contributed by atoms with Crippen LogP contribution in [0.5, 0.6) is 0 Å². The second-order valence-corrected chi connectivity index (χ2v) is 6.07. The fraction of sp³-hybridized carbons (Fsp3) is 0.353. The van der Waals surface area contributed by atoms with Crippen LogP contribution >= 0.6 is 0 Å². The molecule has 0 spiro atoms. The van der Waals surface area contributed by atoms with Gasteiger partial charge < -0.3 is 15.5 Å². The Hall–Kier alpha value is -2.90. The van der Waals surface area contributed by atoms with Gasteiger partial charge in [0, 0.05) is 32.4 Å². The van der Waals surface area contributed by atoms with Gasteiger partial charge in [0.05, 0.1) is 17.6 Å². The molecular formula is C17H20FN5O2. The Morgan fingerprint density at radius 3 is 2.80 bits per heavy atom. The van der Waals surface area contributed by atoms with Gasteiger partial charge in [0.15, 0.2) is 0 Å². The number of amides is 2. The zero-order valence-electron chi connectivity index (χ0n) is 13.9. The van der Waals surface area contributed by atoms with Crippen LogP contribution in [0.3, 0.4) is 0 Å². The molecule has 0 unspecified atom stereocenters. The number of aryl methyl sites for hydroxylation is 1. The second-order valence-electron chi connectivity index (χ2n) is 6.07. The van der Waals surface area contributed by atoms with Crippen molar-refractivity contribution in [3.05, 3.63) is 42.5 Å². The first-order valence-electron chi connectivity index (χ1n) is 8.13. The molecule has 1 aromatic carbocycles. The molecule has 2 aromatic rings. The number of rotatable bonds is 3. The number of anilines is 2. The van der Waals surface area contributed by atoms with Crippen molar-refractivity contribution in [3.63, 3.8) is 0 Å². The zero-order chi connectivity index (χ0) is 17.8. The summed E-state index contributed by atoms with van der Waals surface area (Å²) in [6.07, 6.45) is 4.62. The molecule has 0 aliphatic carbocycles. The van der Waals surface area contributed by atoms with Crippen LogP contribution in [-0.4, -0.2) is 40.7 Å². The molecule has 2 N–H and O–H groups in total. The number of carbonyl (C=O) groups excluding carboxylic acids is 2. The molecule has 1 atom stereocenters. The lowest BCUT2D eigenvalue weighted by Crippen LogP contribution is -2.50. The molecule has 7 nitrogen and oxygen atoms in total. The van der Waals surface area contributed by atoms with Crippen molar-refractivity contribution in [3.8, 4) is 0 Å². The van der Waals surface area contributed by atoms with E-state index in [2.05, 4.69) is 15.7 Å². The first-order valence-corrected chi connectivity index (χ1v) is 8.13. The third-order valence-corrected chi connectivity index (χ3v) is 4.12. The Balaban J connectivity index is 1.57. The minimum Gasteiger partial charge on any atom is -0.367 e. The van der Waals surface area contributed by atoms with Crippen molar-refractivity contribution in [2.75, 3.05) is 23.3 Å². The summed E-state index contributed by atoms with van der Waals surface area (Å²) in [4.78, 5) is 25.9. The number of para-hydroxylation sites is 1. The van der Waals surface area contributed by atoms with E-state index in [0.29, 0.717) is 17.9 Å². The Morgan fingerprint density at radius 2 is 2.08 bits per heavy atom. The van der Waals surface area contributed by atoms with Crippen molar-refractivity contribution < 1.29 is 14.0 Å². The molecule has 1 fully saturated rings. The smallest absolute Gasteiger partial charge is 0.313 e. The van der Waals surface area contributed by atoms with E-state index in [1.807, 2.05) is 4.90 Å². The molecule has 0 saturated carbocycles. The average molecular weight is 345 g/mol. The van der Waals surface area contributed by atoms with E-state index >= 15 is 0 Å². The van der Waals surface area contributed by atoms with Crippen LogP contribution in [0.4, 0.5) is 15.8 Å². The average Bonchev–Trinajstić information content (AvgIpc) is 3.00. The van der Waals surface area contributed by atoms with Gasteiger partial charge in [-0.25, -0.2) is 4.39 Å². The minimum absolute atomic E-state index is 0.208. The van der Waals surface area contributed by atoms with E-state index in [1.54, 1.807) is 31.4 Å². The van der Waals surface area contributed by atoms with Gasteiger partial charge in [-0.05, 0) is 25.0 Å². The molecule has 1 aliphatic heterocycles. The van der Waals surface area contributed by atoms with Crippen LogP contribution in [0.1, 0.15) is 12.8 Å². The number of aromatic nitrogens is 2. The van der Waals surface area contributed by atoms with Gasteiger partial charge >= 0.3 is 11.8 Å². The van der Waals surface area contributed by atoms with Crippen molar-refractivity contribution in [1.82, 2.24) is 15.1 Å². The summed E-state index contributed by atoms with van der Waals surface area (Å²) in [6.45, 7) is 1.18. The van der Waals surface area contributed by atoms with Gasteiger partial charge in [0.25, 0.3) is 0 Å². The van der Waals surface area contributed by atoms with Crippen molar-refractivity contribution in [1.29, 1.82) is 0 Å². The van der Waals surface area contributed by atoms with E-state index in [1.165, 1.54) is 16.9 Å². The fourth-order valence-electron chi connectivity index (χ4n) is 2.95. The molecule has 0 radical (unpaired) electrons. The summed E-state index contributed by atoms with van der Waals surface area (Å²) >= 11 is 0. The SMILES string of the molecule is Cn1cc(NC(=O)C(=O)N[C@@H]2CCCN(c3ccccc3F)C2)cn1. The number of halogens is 1. The first kappa shape index (κ1) is 16.9. The monoisotopic (exact) mass is 345 g/mol. The number of carbonyl (C=O) groups is 2. The van der Waals surface area contributed by atoms with Crippen LogP contribution in [0.15, 0.2) is 36.7 Å². The summed E-state index contributed by atoms with van der Waals surface area (Å²) < 4.78 is 15.5. The van der Waals surface area contributed by atoms with Crippen molar-refractivity contribution in [2.24, 2.45) is 7.05 Å². The van der Waals surface area contributed by atoms with Gasteiger partial charge in [-0.2, -0.15) is 5.10 Å². The number of hydrogen-bond acceptors (Lipinski definition) is 4.